The Balaban J connectivity index is 1.92. The molecule has 3 nitrogen and oxygen atoms in total. The molecular weight excluding hydrogens is 253 g/mol. The predicted octanol–water partition coefficient (Wildman–Crippen LogP) is 2.35. The zero-order chi connectivity index (χ0) is 13.0. The van der Waals surface area contributed by atoms with Crippen molar-refractivity contribution >= 4 is 17.2 Å². The Bertz CT molecular complexity index is 528. The van der Waals surface area contributed by atoms with E-state index in [2.05, 4.69) is 5.32 Å². The van der Waals surface area contributed by atoms with Gasteiger partial charge in [-0.05, 0) is 40.6 Å². The van der Waals surface area contributed by atoms with Gasteiger partial charge in [-0.2, -0.15) is 11.3 Å². The van der Waals surface area contributed by atoms with Crippen LogP contribution < -0.4 is 5.32 Å². The molecule has 1 amide bonds. The summed E-state index contributed by atoms with van der Waals surface area (Å²) >= 11 is 1.48. The van der Waals surface area contributed by atoms with Crippen molar-refractivity contribution in [1.82, 2.24) is 5.32 Å². The number of aliphatic hydroxyl groups is 1. The topological polar surface area (TPSA) is 49.3 Å². The normalized spacial score (nSPS) is 12.1. The van der Waals surface area contributed by atoms with Crippen LogP contribution in [0.4, 0.5) is 4.39 Å². The maximum absolute atomic E-state index is 12.9. The van der Waals surface area contributed by atoms with Crippen LogP contribution in [0.2, 0.25) is 0 Å². The molecule has 5 heteroatoms. The Morgan fingerprint density at radius 3 is 2.94 bits per heavy atom. The van der Waals surface area contributed by atoms with Crippen molar-refractivity contribution in [2.24, 2.45) is 0 Å². The summed E-state index contributed by atoms with van der Waals surface area (Å²) in [5.41, 5.74) is 1.01. The van der Waals surface area contributed by atoms with Crippen molar-refractivity contribution in [1.29, 1.82) is 0 Å². The lowest BCUT2D eigenvalue weighted by Crippen LogP contribution is -2.28. The largest absolute Gasteiger partial charge is 0.387 e. The van der Waals surface area contributed by atoms with Gasteiger partial charge in [0.05, 0.1) is 6.10 Å². The Morgan fingerprint density at radius 2 is 2.28 bits per heavy atom. The molecule has 0 aliphatic heterocycles. The molecule has 1 atom stereocenters. The molecule has 0 aliphatic carbocycles. The molecule has 0 aliphatic rings. The molecule has 2 N–H and O–H groups in total. The molecule has 0 radical (unpaired) electrons. The van der Waals surface area contributed by atoms with Crippen LogP contribution in [-0.4, -0.2) is 17.6 Å². The highest BCUT2D eigenvalue weighted by molar-refractivity contribution is 7.07. The van der Waals surface area contributed by atoms with E-state index >= 15 is 0 Å². The fourth-order valence-electron chi connectivity index (χ4n) is 1.50. The molecule has 0 spiro atoms. The highest BCUT2D eigenvalue weighted by Gasteiger charge is 2.11. The number of nitrogens with one attached hydrogen (secondary N) is 1. The second kappa shape index (κ2) is 5.75. The Hall–Kier alpha value is -1.72. The number of carbonyl (C=O) groups is 1. The molecule has 1 aromatic carbocycles. The number of benzene rings is 1. The summed E-state index contributed by atoms with van der Waals surface area (Å²) in [6.45, 7) is 0.103. The lowest BCUT2D eigenvalue weighted by atomic mass is 10.2. The van der Waals surface area contributed by atoms with Crippen molar-refractivity contribution in [2.75, 3.05) is 6.54 Å². The number of aliphatic hydroxyl groups excluding tert-OH is 1. The number of thiophene rings is 1. The number of rotatable bonds is 4. The SMILES string of the molecule is O=C(NCC(O)c1ccsc1)c1cccc(F)c1. The summed E-state index contributed by atoms with van der Waals surface area (Å²) in [5.74, 6) is -0.857. The van der Waals surface area contributed by atoms with Gasteiger partial charge in [-0.25, -0.2) is 4.39 Å². The predicted molar refractivity (Wildman–Crippen MR) is 68.0 cm³/mol. The average Bonchev–Trinajstić information content (AvgIpc) is 2.89. The third-order valence-corrected chi connectivity index (χ3v) is 3.17. The number of carbonyl (C=O) groups excluding carboxylic acids is 1. The van der Waals surface area contributed by atoms with Gasteiger partial charge in [0, 0.05) is 12.1 Å². The quantitative estimate of drug-likeness (QED) is 0.891. The smallest absolute Gasteiger partial charge is 0.251 e. The van der Waals surface area contributed by atoms with Crippen LogP contribution in [0.5, 0.6) is 0 Å². The van der Waals surface area contributed by atoms with Gasteiger partial charge in [0.25, 0.3) is 5.91 Å². The second-order valence-electron chi connectivity index (χ2n) is 3.79. The summed E-state index contributed by atoms with van der Waals surface area (Å²) in [5, 5.41) is 16.0. The second-order valence-corrected chi connectivity index (χ2v) is 4.57. The van der Waals surface area contributed by atoms with E-state index in [0.29, 0.717) is 0 Å². The van der Waals surface area contributed by atoms with Crippen LogP contribution in [-0.2, 0) is 0 Å². The summed E-state index contributed by atoms with van der Waals surface area (Å²) in [4.78, 5) is 11.7. The minimum absolute atomic E-state index is 0.103. The number of hydrogen-bond acceptors (Lipinski definition) is 3. The summed E-state index contributed by atoms with van der Waals surface area (Å²) < 4.78 is 12.9. The monoisotopic (exact) mass is 265 g/mol. The lowest BCUT2D eigenvalue weighted by molar-refractivity contribution is 0.0916. The fraction of sp³-hybridized carbons (Fsp3) is 0.154. The van der Waals surface area contributed by atoms with Gasteiger partial charge in [-0.3, -0.25) is 4.79 Å². The van der Waals surface area contributed by atoms with Gasteiger partial charge in [-0.1, -0.05) is 6.07 Å². The van der Waals surface area contributed by atoms with Gasteiger partial charge in [-0.15, -0.1) is 0 Å². The first-order valence-electron chi connectivity index (χ1n) is 5.41. The third kappa shape index (κ3) is 3.15. The molecule has 1 aromatic heterocycles. The zero-order valence-corrected chi connectivity index (χ0v) is 10.3. The van der Waals surface area contributed by atoms with E-state index in [0.717, 1.165) is 11.6 Å². The Morgan fingerprint density at radius 1 is 1.44 bits per heavy atom. The van der Waals surface area contributed by atoms with Crippen molar-refractivity contribution < 1.29 is 14.3 Å². The van der Waals surface area contributed by atoms with Crippen molar-refractivity contribution in [3.8, 4) is 0 Å². The number of hydrogen-bond donors (Lipinski definition) is 2. The van der Waals surface area contributed by atoms with Crippen molar-refractivity contribution in [2.45, 2.75) is 6.10 Å². The molecule has 1 heterocycles. The van der Waals surface area contributed by atoms with Crippen LogP contribution >= 0.6 is 11.3 Å². The van der Waals surface area contributed by atoms with E-state index in [1.54, 1.807) is 6.07 Å². The summed E-state index contributed by atoms with van der Waals surface area (Å²) in [6, 6.07) is 7.22. The molecule has 0 fully saturated rings. The van der Waals surface area contributed by atoms with Gasteiger partial charge in [0.15, 0.2) is 0 Å². The first kappa shape index (κ1) is 12.7. The van der Waals surface area contributed by atoms with Crippen LogP contribution in [0.15, 0.2) is 41.1 Å². The standard InChI is InChI=1S/C13H12FNO2S/c14-11-3-1-2-9(6-11)13(17)15-7-12(16)10-4-5-18-8-10/h1-6,8,12,16H,7H2,(H,15,17). The highest BCUT2D eigenvalue weighted by atomic mass is 32.1. The van der Waals surface area contributed by atoms with E-state index in [4.69, 9.17) is 0 Å². The minimum atomic E-state index is -0.742. The molecule has 2 aromatic rings. The Labute approximate surface area is 108 Å². The fourth-order valence-corrected chi connectivity index (χ4v) is 2.21. The lowest BCUT2D eigenvalue weighted by Gasteiger charge is -2.10. The summed E-state index contributed by atoms with van der Waals surface area (Å²) in [6.07, 6.45) is -0.742. The molecule has 0 bridgehead atoms. The number of halogens is 1. The molecule has 94 valence electrons. The van der Waals surface area contributed by atoms with Crippen molar-refractivity contribution in [3.63, 3.8) is 0 Å². The molecule has 2 rings (SSSR count). The van der Waals surface area contributed by atoms with Crippen LogP contribution in [0.1, 0.15) is 22.0 Å². The average molecular weight is 265 g/mol. The molecule has 0 saturated heterocycles. The highest BCUT2D eigenvalue weighted by Crippen LogP contribution is 2.15. The van der Waals surface area contributed by atoms with E-state index in [1.807, 2.05) is 10.8 Å². The van der Waals surface area contributed by atoms with Gasteiger partial charge in [0.1, 0.15) is 5.82 Å². The molecular formula is C13H12FNO2S. The Kier molecular flexibility index (Phi) is 4.07. The first-order chi connectivity index (χ1) is 8.66. The maximum atomic E-state index is 12.9. The third-order valence-electron chi connectivity index (χ3n) is 2.47. The van der Waals surface area contributed by atoms with Crippen LogP contribution in [0.3, 0.4) is 0 Å². The van der Waals surface area contributed by atoms with Gasteiger partial charge in [0.2, 0.25) is 0 Å². The molecule has 18 heavy (non-hydrogen) atoms. The van der Waals surface area contributed by atoms with Crippen molar-refractivity contribution in [3.05, 3.63) is 58.0 Å². The van der Waals surface area contributed by atoms with Gasteiger partial charge >= 0.3 is 0 Å². The number of amides is 1. The van der Waals surface area contributed by atoms with E-state index in [1.165, 1.54) is 29.5 Å². The minimum Gasteiger partial charge on any atom is -0.387 e. The molecule has 0 saturated carbocycles. The van der Waals surface area contributed by atoms with E-state index < -0.39 is 17.8 Å². The van der Waals surface area contributed by atoms with Crippen LogP contribution in [0, 0.1) is 5.82 Å². The zero-order valence-electron chi connectivity index (χ0n) is 9.47. The molecule has 1 unspecified atom stereocenters. The van der Waals surface area contributed by atoms with Crippen LogP contribution in [0.25, 0.3) is 0 Å². The van der Waals surface area contributed by atoms with E-state index in [9.17, 15) is 14.3 Å². The van der Waals surface area contributed by atoms with E-state index in [-0.39, 0.29) is 12.1 Å². The maximum Gasteiger partial charge on any atom is 0.251 e. The first-order valence-corrected chi connectivity index (χ1v) is 6.35. The summed E-state index contributed by atoms with van der Waals surface area (Å²) in [7, 11) is 0. The van der Waals surface area contributed by atoms with Gasteiger partial charge < -0.3 is 10.4 Å².